The Morgan fingerprint density at radius 3 is 1.57 bits per heavy atom. The lowest BCUT2D eigenvalue weighted by atomic mass is 9.81. The summed E-state index contributed by atoms with van der Waals surface area (Å²) in [5.74, 6) is 0.656. The first-order valence-corrected chi connectivity index (χ1v) is 24.9. The molecule has 2 aliphatic carbocycles. The molecule has 1 nitrogen and oxygen atoms in total. The van der Waals surface area contributed by atoms with Crippen LogP contribution in [0, 0.1) is 0 Å². The van der Waals surface area contributed by atoms with Crippen LogP contribution in [-0.2, 0) is 5.41 Å². The standard InChI is InChI=1S/C61H53NSi/c1-61(2)58-29-17-28-56(48-31-30-45-20-15-16-21-47(45)42-48)60(58)57-41-38-51(43-59(57)61)62(49-34-32-46(33-35-49)44-18-7-3-8-19-44)50-36-39-55(40-37-50)63(52-22-9-4-10-23-52,53-24-11-5-12-25-53)54-26-13-6-14-27-54/h4-6,9-17,20-44H,3,7-8,18-19H2,1-2H3. The molecule has 0 bridgehead atoms. The molecular weight excluding hydrogens is 775 g/mol. The molecule has 0 heterocycles. The van der Waals surface area contributed by atoms with Gasteiger partial charge in [0.2, 0.25) is 0 Å². The van der Waals surface area contributed by atoms with Crippen LogP contribution in [0.5, 0.6) is 0 Å². The van der Waals surface area contributed by atoms with Crippen LogP contribution >= 0.6 is 0 Å². The van der Waals surface area contributed by atoms with Crippen molar-refractivity contribution in [3.8, 4) is 22.3 Å². The molecule has 0 radical (unpaired) electrons. The summed E-state index contributed by atoms with van der Waals surface area (Å²) < 4.78 is 0. The molecular formula is C61H53NSi. The zero-order valence-corrected chi connectivity index (χ0v) is 37.3. The average molecular weight is 828 g/mol. The van der Waals surface area contributed by atoms with Gasteiger partial charge in [0.15, 0.2) is 8.07 Å². The maximum absolute atomic E-state index is 2.68. The molecule has 0 unspecified atom stereocenters. The van der Waals surface area contributed by atoms with E-state index in [1.165, 1.54) is 114 Å². The zero-order chi connectivity index (χ0) is 42.4. The molecule has 9 aromatic rings. The van der Waals surface area contributed by atoms with E-state index in [1.54, 1.807) is 0 Å². The van der Waals surface area contributed by atoms with Gasteiger partial charge < -0.3 is 4.90 Å². The van der Waals surface area contributed by atoms with Gasteiger partial charge in [-0.25, -0.2) is 0 Å². The summed E-state index contributed by atoms with van der Waals surface area (Å²) in [7, 11) is -2.68. The van der Waals surface area contributed by atoms with Crippen molar-refractivity contribution in [1.29, 1.82) is 0 Å². The molecule has 0 N–H and O–H groups in total. The van der Waals surface area contributed by atoms with E-state index in [4.69, 9.17) is 0 Å². The molecule has 0 atom stereocenters. The summed E-state index contributed by atoms with van der Waals surface area (Å²) in [5, 5.41) is 8.06. The molecule has 11 rings (SSSR count). The van der Waals surface area contributed by atoms with Gasteiger partial charge in [0, 0.05) is 22.5 Å². The van der Waals surface area contributed by atoms with Crippen molar-refractivity contribution >= 4 is 56.7 Å². The van der Waals surface area contributed by atoms with Crippen LogP contribution in [0.15, 0.2) is 218 Å². The predicted molar refractivity (Wildman–Crippen MR) is 271 cm³/mol. The summed E-state index contributed by atoms with van der Waals surface area (Å²) >= 11 is 0. The third-order valence-electron chi connectivity index (χ3n) is 14.4. The minimum absolute atomic E-state index is 0.180. The number of benzene rings is 9. The van der Waals surface area contributed by atoms with Gasteiger partial charge in [-0.1, -0.05) is 209 Å². The van der Waals surface area contributed by atoms with Crippen LogP contribution < -0.4 is 25.6 Å². The van der Waals surface area contributed by atoms with Crippen LogP contribution in [0.3, 0.4) is 0 Å². The van der Waals surface area contributed by atoms with E-state index in [9.17, 15) is 0 Å². The molecule has 1 saturated carbocycles. The third-order valence-corrected chi connectivity index (χ3v) is 19.2. The Hall–Kier alpha value is -6.74. The summed E-state index contributed by atoms with van der Waals surface area (Å²) in [6.45, 7) is 4.81. The zero-order valence-electron chi connectivity index (χ0n) is 36.3. The molecule has 0 aliphatic heterocycles. The highest BCUT2D eigenvalue weighted by molar-refractivity contribution is 7.19. The summed E-state index contributed by atoms with van der Waals surface area (Å²) in [5.41, 5.74) is 12.8. The Kier molecular flexibility index (Phi) is 10.1. The summed E-state index contributed by atoms with van der Waals surface area (Å²) in [6, 6.07) is 82.7. The fraction of sp³-hybridized carbons (Fsp3) is 0.148. The van der Waals surface area contributed by atoms with Crippen molar-refractivity contribution in [2.24, 2.45) is 0 Å². The number of anilines is 3. The summed E-state index contributed by atoms with van der Waals surface area (Å²) in [4.78, 5) is 2.49. The molecule has 0 amide bonds. The van der Waals surface area contributed by atoms with E-state index in [-0.39, 0.29) is 5.41 Å². The van der Waals surface area contributed by atoms with E-state index < -0.39 is 8.07 Å². The molecule has 0 spiro atoms. The monoisotopic (exact) mass is 827 g/mol. The van der Waals surface area contributed by atoms with Crippen LogP contribution in [0.2, 0.25) is 0 Å². The maximum atomic E-state index is 2.49. The van der Waals surface area contributed by atoms with Crippen molar-refractivity contribution in [2.45, 2.75) is 57.3 Å². The second-order valence-electron chi connectivity index (χ2n) is 18.3. The lowest BCUT2D eigenvalue weighted by Crippen LogP contribution is -2.74. The van der Waals surface area contributed by atoms with E-state index in [2.05, 4.69) is 237 Å². The van der Waals surface area contributed by atoms with Gasteiger partial charge in [0.05, 0.1) is 0 Å². The fourth-order valence-electron chi connectivity index (χ4n) is 11.2. The summed E-state index contributed by atoms with van der Waals surface area (Å²) in [6.07, 6.45) is 6.62. The van der Waals surface area contributed by atoms with Crippen molar-refractivity contribution < 1.29 is 0 Å². The van der Waals surface area contributed by atoms with Gasteiger partial charge in [-0.2, -0.15) is 0 Å². The van der Waals surface area contributed by atoms with Gasteiger partial charge in [0.1, 0.15) is 0 Å². The van der Waals surface area contributed by atoms with E-state index in [1.807, 2.05) is 0 Å². The van der Waals surface area contributed by atoms with Crippen molar-refractivity contribution in [2.75, 3.05) is 4.90 Å². The number of hydrogen-bond acceptors (Lipinski definition) is 1. The Bertz CT molecular complexity index is 2940. The first-order valence-electron chi connectivity index (χ1n) is 22.9. The highest BCUT2D eigenvalue weighted by Gasteiger charge is 2.42. The van der Waals surface area contributed by atoms with Crippen molar-refractivity contribution in [3.63, 3.8) is 0 Å². The molecule has 0 aromatic heterocycles. The fourth-order valence-corrected chi connectivity index (χ4v) is 16.0. The topological polar surface area (TPSA) is 3.24 Å². The molecule has 2 heteroatoms. The molecule has 63 heavy (non-hydrogen) atoms. The van der Waals surface area contributed by atoms with Gasteiger partial charge >= 0.3 is 0 Å². The Balaban J connectivity index is 1.06. The molecule has 2 aliphatic rings. The van der Waals surface area contributed by atoms with Gasteiger partial charge in [-0.05, 0) is 132 Å². The van der Waals surface area contributed by atoms with E-state index >= 15 is 0 Å². The lowest BCUT2D eigenvalue weighted by molar-refractivity contribution is 0.443. The third kappa shape index (κ3) is 6.76. The minimum Gasteiger partial charge on any atom is -0.310 e. The second kappa shape index (κ2) is 16.2. The average Bonchev–Trinajstić information content (AvgIpc) is 3.59. The highest BCUT2D eigenvalue weighted by Crippen LogP contribution is 2.54. The number of nitrogens with zero attached hydrogens (tertiary/aromatic N) is 1. The first kappa shape index (κ1) is 39.1. The van der Waals surface area contributed by atoms with Crippen molar-refractivity contribution in [1.82, 2.24) is 0 Å². The predicted octanol–water partition coefficient (Wildman–Crippen LogP) is 13.7. The highest BCUT2D eigenvalue weighted by atomic mass is 28.3. The second-order valence-corrected chi connectivity index (χ2v) is 22.1. The number of fused-ring (bicyclic) bond motifs is 4. The Morgan fingerprint density at radius 2 is 0.952 bits per heavy atom. The van der Waals surface area contributed by atoms with Gasteiger partial charge in [0.25, 0.3) is 0 Å². The lowest BCUT2D eigenvalue weighted by Gasteiger charge is -2.35. The SMILES string of the molecule is CC1(C)c2cc(N(c3ccc(C4CCCCC4)cc3)c3ccc([Si](c4ccccc4)(c4ccccc4)c4ccccc4)cc3)ccc2-c2c(-c3ccc4ccccc4c3)cccc21. The maximum Gasteiger partial charge on any atom is 0.179 e. The number of hydrogen-bond donors (Lipinski definition) is 0. The smallest absolute Gasteiger partial charge is 0.179 e. The van der Waals surface area contributed by atoms with Crippen LogP contribution in [-0.4, -0.2) is 8.07 Å². The van der Waals surface area contributed by atoms with Crippen molar-refractivity contribution in [3.05, 3.63) is 235 Å². The normalized spacial score (nSPS) is 14.6. The molecule has 9 aromatic carbocycles. The van der Waals surface area contributed by atoms with E-state index in [0.717, 1.165) is 5.69 Å². The van der Waals surface area contributed by atoms with Crippen LogP contribution in [0.25, 0.3) is 33.0 Å². The molecule has 0 saturated heterocycles. The molecule has 306 valence electrons. The van der Waals surface area contributed by atoms with Crippen LogP contribution in [0.4, 0.5) is 17.1 Å². The van der Waals surface area contributed by atoms with Gasteiger partial charge in [-0.15, -0.1) is 0 Å². The largest absolute Gasteiger partial charge is 0.310 e. The van der Waals surface area contributed by atoms with E-state index in [0.29, 0.717) is 5.92 Å². The Morgan fingerprint density at radius 1 is 0.413 bits per heavy atom. The van der Waals surface area contributed by atoms with Crippen LogP contribution in [0.1, 0.15) is 68.6 Å². The Labute approximate surface area is 374 Å². The first-order chi connectivity index (χ1) is 31.0. The van der Waals surface area contributed by atoms with Gasteiger partial charge in [-0.3, -0.25) is 0 Å². The minimum atomic E-state index is -2.68. The quantitative estimate of drug-likeness (QED) is 0.103. The molecule has 1 fully saturated rings. The number of rotatable bonds is 9.